The average Bonchev–Trinajstić information content (AvgIpc) is 3.11. The first-order valence-electron chi connectivity index (χ1n) is 10.9. The standard InChI is InChI=1S/C22H24ClFN6O6S/c1-27(2)21(33)16(26-37(4,35)36)15-17-14(19(31)18-22(34)28(3)7-8-29(17)18)20(32)30(25-15)10-11-5-6-13(24)12(23)9-11/h5-6,9,16,26,31H,7-8,10H2,1-4H3. The monoisotopic (exact) mass is 554 g/mol. The second-order valence-corrected chi connectivity index (χ2v) is 11.1. The maximum absolute atomic E-state index is 13.7. The maximum Gasteiger partial charge on any atom is 0.280 e. The lowest BCUT2D eigenvalue weighted by atomic mass is 10.1. The Morgan fingerprint density at radius 3 is 2.57 bits per heavy atom. The number of carbonyl (C=O) groups is 2. The molecule has 1 unspecified atom stereocenters. The minimum Gasteiger partial charge on any atom is -0.505 e. The first-order chi connectivity index (χ1) is 17.2. The molecule has 2 N–H and O–H groups in total. The van der Waals surface area contributed by atoms with Crippen molar-refractivity contribution in [3.8, 4) is 5.75 Å². The SMILES string of the molecule is CN(C)C(=O)C(NS(C)(=O)=O)c1nn(Cc2ccc(F)c(Cl)c2)c(=O)c2c(O)c3n(c12)CCN(C)C3=O. The number of fused-ring (bicyclic) bond motifs is 3. The minimum absolute atomic E-state index is 0.0383. The molecule has 3 heterocycles. The van der Waals surface area contributed by atoms with Crippen molar-refractivity contribution in [2.45, 2.75) is 19.1 Å². The van der Waals surface area contributed by atoms with E-state index in [0.717, 1.165) is 21.9 Å². The number of amides is 2. The number of aromatic nitrogens is 3. The Balaban J connectivity index is 2.08. The van der Waals surface area contributed by atoms with Crippen molar-refractivity contribution in [1.29, 1.82) is 0 Å². The number of carbonyl (C=O) groups excluding carboxylic acids is 2. The van der Waals surface area contributed by atoms with E-state index in [9.17, 15) is 32.3 Å². The van der Waals surface area contributed by atoms with E-state index in [4.69, 9.17) is 11.6 Å². The number of hydrogen-bond acceptors (Lipinski definition) is 7. The van der Waals surface area contributed by atoms with Gasteiger partial charge in [0.05, 0.1) is 23.3 Å². The summed E-state index contributed by atoms with van der Waals surface area (Å²) in [6.07, 6.45) is 0.861. The summed E-state index contributed by atoms with van der Waals surface area (Å²) >= 11 is 5.87. The number of nitrogens with zero attached hydrogens (tertiary/aromatic N) is 5. The van der Waals surface area contributed by atoms with E-state index in [1.54, 1.807) is 0 Å². The van der Waals surface area contributed by atoms with Crippen LogP contribution in [0.25, 0.3) is 10.9 Å². The Labute approximate surface area is 215 Å². The van der Waals surface area contributed by atoms with Gasteiger partial charge in [0.15, 0.2) is 11.4 Å². The molecule has 1 aliphatic heterocycles. The second kappa shape index (κ2) is 9.43. The average molecular weight is 555 g/mol. The van der Waals surface area contributed by atoms with Gasteiger partial charge in [-0.05, 0) is 17.7 Å². The van der Waals surface area contributed by atoms with Crippen LogP contribution in [0.1, 0.15) is 27.8 Å². The molecule has 2 aromatic heterocycles. The second-order valence-electron chi connectivity index (χ2n) is 8.95. The Morgan fingerprint density at radius 1 is 1.30 bits per heavy atom. The van der Waals surface area contributed by atoms with Gasteiger partial charge >= 0.3 is 0 Å². The largest absolute Gasteiger partial charge is 0.505 e. The van der Waals surface area contributed by atoms with Crippen molar-refractivity contribution in [2.24, 2.45) is 0 Å². The maximum atomic E-state index is 13.7. The molecule has 0 saturated heterocycles. The fourth-order valence-electron chi connectivity index (χ4n) is 4.21. The van der Waals surface area contributed by atoms with Gasteiger partial charge in [0.25, 0.3) is 11.5 Å². The van der Waals surface area contributed by atoms with Crippen LogP contribution >= 0.6 is 11.6 Å². The summed E-state index contributed by atoms with van der Waals surface area (Å²) in [4.78, 5) is 42.1. The molecule has 12 nitrogen and oxygen atoms in total. The Kier molecular flexibility index (Phi) is 6.77. The lowest BCUT2D eigenvalue weighted by molar-refractivity contribution is -0.130. The van der Waals surface area contributed by atoms with Crippen LogP contribution in [-0.4, -0.2) is 83.4 Å². The molecule has 0 saturated carbocycles. The highest BCUT2D eigenvalue weighted by Gasteiger charge is 2.37. The van der Waals surface area contributed by atoms with E-state index in [1.807, 2.05) is 0 Å². The van der Waals surface area contributed by atoms with Crippen LogP contribution in [0.5, 0.6) is 5.75 Å². The summed E-state index contributed by atoms with van der Waals surface area (Å²) in [7, 11) is 0.381. The van der Waals surface area contributed by atoms with Gasteiger partial charge in [0.1, 0.15) is 22.9 Å². The molecular formula is C22H24ClFN6O6S. The third-order valence-electron chi connectivity index (χ3n) is 5.97. The lowest BCUT2D eigenvalue weighted by Gasteiger charge is -2.26. The fraction of sp³-hybridized carbons (Fsp3) is 0.364. The predicted molar refractivity (Wildman–Crippen MR) is 133 cm³/mol. The number of likely N-dealkylation sites (N-methyl/N-ethyl adjacent to an activating group) is 2. The molecule has 0 aliphatic carbocycles. The molecule has 0 fully saturated rings. The zero-order valence-electron chi connectivity index (χ0n) is 20.3. The summed E-state index contributed by atoms with van der Waals surface area (Å²) in [5.41, 5.74) is -0.835. The minimum atomic E-state index is -3.98. The molecule has 1 aliphatic rings. The molecule has 1 aromatic carbocycles. The number of nitrogens with one attached hydrogen (secondary N) is 1. The summed E-state index contributed by atoms with van der Waals surface area (Å²) in [6, 6.07) is 2.17. The molecule has 0 bridgehead atoms. The lowest BCUT2D eigenvalue weighted by Crippen LogP contribution is -2.42. The highest BCUT2D eigenvalue weighted by Crippen LogP contribution is 2.36. The number of aromatic hydroxyl groups is 1. The van der Waals surface area contributed by atoms with Crippen LogP contribution in [-0.2, 0) is 27.9 Å². The Morgan fingerprint density at radius 2 is 1.97 bits per heavy atom. The quantitative estimate of drug-likeness (QED) is 0.451. The van der Waals surface area contributed by atoms with E-state index in [2.05, 4.69) is 9.82 Å². The number of rotatable bonds is 6. The zero-order valence-corrected chi connectivity index (χ0v) is 21.9. The molecule has 3 aromatic rings. The van der Waals surface area contributed by atoms with Gasteiger partial charge in [-0.3, -0.25) is 14.4 Å². The van der Waals surface area contributed by atoms with E-state index in [1.165, 1.54) is 42.7 Å². The number of hydrogen-bond donors (Lipinski definition) is 2. The molecule has 0 spiro atoms. The molecule has 4 rings (SSSR count). The van der Waals surface area contributed by atoms with Gasteiger partial charge in [-0.2, -0.15) is 9.82 Å². The van der Waals surface area contributed by atoms with Crippen molar-refractivity contribution < 1.29 is 27.5 Å². The molecule has 0 radical (unpaired) electrons. The summed E-state index contributed by atoms with van der Waals surface area (Å²) in [5.74, 6) is -2.55. The zero-order chi connectivity index (χ0) is 27.4. The van der Waals surface area contributed by atoms with Gasteiger partial charge in [-0.15, -0.1) is 0 Å². The Bertz CT molecular complexity index is 1620. The molecule has 198 valence electrons. The highest BCUT2D eigenvalue weighted by molar-refractivity contribution is 7.88. The molecule has 37 heavy (non-hydrogen) atoms. The van der Waals surface area contributed by atoms with E-state index in [0.29, 0.717) is 5.56 Å². The van der Waals surface area contributed by atoms with Crippen LogP contribution in [0.15, 0.2) is 23.0 Å². The number of halogens is 2. The molecule has 1 atom stereocenters. The normalized spacial score (nSPS) is 14.6. The first kappa shape index (κ1) is 26.6. The van der Waals surface area contributed by atoms with E-state index >= 15 is 0 Å². The van der Waals surface area contributed by atoms with E-state index in [-0.39, 0.29) is 46.9 Å². The smallest absolute Gasteiger partial charge is 0.280 e. The summed E-state index contributed by atoms with van der Waals surface area (Å²) in [6.45, 7) is 0.136. The van der Waals surface area contributed by atoms with Gasteiger partial charge in [-0.1, -0.05) is 17.7 Å². The summed E-state index contributed by atoms with van der Waals surface area (Å²) in [5, 5.41) is 14.9. The van der Waals surface area contributed by atoms with Crippen molar-refractivity contribution >= 4 is 44.3 Å². The van der Waals surface area contributed by atoms with Gasteiger partial charge in [-0.25, -0.2) is 17.5 Å². The van der Waals surface area contributed by atoms with Crippen LogP contribution in [0, 0.1) is 5.82 Å². The van der Waals surface area contributed by atoms with Gasteiger partial charge < -0.3 is 19.5 Å². The summed E-state index contributed by atoms with van der Waals surface area (Å²) < 4.78 is 42.7. The third-order valence-corrected chi connectivity index (χ3v) is 6.93. The van der Waals surface area contributed by atoms with Crippen LogP contribution in [0.4, 0.5) is 4.39 Å². The topological polar surface area (TPSA) is 147 Å². The van der Waals surface area contributed by atoms with Crippen LogP contribution in [0.3, 0.4) is 0 Å². The first-order valence-corrected chi connectivity index (χ1v) is 13.2. The van der Waals surface area contributed by atoms with Crippen LogP contribution < -0.4 is 10.3 Å². The molecule has 2 amide bonds. The van der Waals surface area contributed by atoms with Crippen molar-refractivity contribution in [3.63, 3.8) is 0 Å². The van der Waals surface area contributed by atoms with Crippen LogP contribution in [0.2, 0.25) is 5.02 Å². The predicted octanol–water partition coefficient (Wildman–Crippen LogP) is 0.508. The van der Waals surface area contributed by atoms with E-state index < -0.39 is 45.0 Å². The highest BCUT2D eigenvalue weighted by atomic mass is 35.5. The third kappa shape index (κ3) is 4.79. The van der Waals surface area contributed by atoms with Crippen molar-refractivity contribution in [2.75, 3.05) is 33.9 Å². The van der Waals surface area contributed by atoms with Gasteiger partial charge in [0.2, 0.25) is 15.9 Å². The van der Waals surface area contributed by atoms with Crippen molar-refractivity contribution in [1.82, 2.24) is 28.9 Å². The fourth-order valence-corrected chi connectivity index (χ4v) is 5.05. The van der Waals surface area contributed by atoms with Gasteiger partial charge in [0, 0.05) is 34.2 Å². The number of benzene rings is 1. The Hall–Kier alpha value is -3.49. The molecular weight excluding hydrogens is 531 g/mol. The van der Waals surface area contributed by atoms with Crippen molar-refractivity contribution in [3.05, 3.63) is 56.3 Å². The number of sulfonamides is 1. The molecule has 15 heteroatoms.